The van der Waals surface area contributed by atoms with Gasteiger partial charge in [-0.25, -0.2) is 4.79 Å². The third-order valence-electron chi connectivity index (χ3n) is 8.70. The molecule has 216 valence electrons. The number of ether oxygens (including phenoxy) is 2. The maximum absolute atomic E-state index is 13.2. The molecule has 2 aliphatic rings. The van der Waals surface area contributed by atoms with E-state index >= 15 is 0 Å². The van der Waals surface area contributed by atoms with Gasteiger partial charge in [-0.3, -0.25) is 0 Å². The van der Waals surface area contributed by atoms with Crippen molar-refractivity contribution < 1.29 is 14.3 Å². The minimum Gasteiger partial charge on any atom is -0.456 e. The van der Waals surface area contributed by atoms with Crippen LogP contribution in [0.5, 0.6) is 11.5 Å². The highest BCUT2D eigenvalue weighted by molar-refractivity contribution is 5.97. The summed E-state index contributed by atoms with van der Waals surface area (Å²) in [5.41, 5.74) is 9.15. The van der Waals surface area contributed by atoms with Crippen molar-refractivity contribution >= 4 is 23.0 Å². The van der Waals surface area contributed by atoms with Crippen molar-refractivity contribution in [3.8, 4) is 11.5 Å². The maximum Gasteiger partial charge on any atom is 0.340 e. The molecular formula is C37H40N2O3. The Kier molecular flexibility index (Phi) is 7.44. The fraction of sp³-hybridized carbons (Fsp3) is 0.324. The molecule has 0 radical (unpaired) electrons. The number of benzene rings is 4. The topological polar surface area (TPSA) is 50.8 Å². The van der Waals surface area contributed by atoms with Gasteiger partial charge in [0, 0.05) is 46.8 Å². The average Bonchev–Trinajstić information content (AvgIpc) is 3.29. The Labute approximate surface area is 249 Å². The monoisotopic (exact) mass is 560 g/mol. The van der Waals surface area contributed by atoms with Gasteiger partial charge in [-0.2, -0.15) is 0 Å². The third-order valence-corrected chi connectivity index (χ3v) is 8.70. The highest BCUT2D eigenvalue weighted by Crippen LogP contribution is 2.56. The molecule has 1 unspecified atom stereocenters. The van der Waals surface area contributed by atoms with Gasteiger partial charge in [0.15, 0.2) is 5.60 Å². The lowest BCUT2D eigenvalue weighted by Gasteiger charge is -2.36. The van der Waals surface area contributed by atoms with E-state index in [1.54, 1.807) is 0 Å². The van der Waals surface area contributed by atoms with Crippen molar-refractivity contribution in [3.63, 3.8) is 0 Å². The summed E-state index contributed by atoms with van der Waals surface area (Å²) in [7, 11) is 0. The summed E-state index contributed by atoms with van der Waals surface area (Å²) in [5.74, 6) is 1.07. The van der Waals surface area contributed by atoms with E-state index in [0.29, 0.717) is 17.1 Å². The van der Waals surface area contributed by atoms with Gasteiger partial charge in [-0.1, -0.05) is 69.2 Å². The summed E-state index contributed by atoms with van der Waals surface area (Å²) >= 11 is 0. The van der Waals surface area contributed by atoms with Gasteiger partial charge in [0.05, 0.1) is 5.56 Å². The minimum absolute atomic E-state index is 0.319. The van der Waals surface area contributed by atoms with Crippen molar-refractivity contribution in [2.24, 2.45) is 0 Å². The molecule has 0 amide bonds. The highest BCUT2D eigenvalue weighted by atomic mass is 16.6. The van der Waals surface area contributed by atoms with Crippen LogP contribution in [0.2, 0.25) is 0 Å². The summed E-state index contributed by atoms with van der Waals surface area (Å²) in [4.78, 5) is 15.8. The van der Waals surface area contributed by atoms with Gasteiger partial charge >= 0.3 is 5.97 Å². The van der Waals surface area contributed by atoms with E-state index in [0.717, 1.165) is 41.2 Å². The summed E-state index contributed by atoms with van der Waals surface area (Å²) in [6.45, 7) is 13.3. The lowest BCUT2D eigenvalue weighted by Crippen LogP contribution is -2.33. The first-order valence-electron chi connectivity index (χ1n) is 15.3. The van der Waals surface area contributed by atoms with Gasteiger partial charge in [0.1, 0.15) is 11.5 Å². The molecule has 4 aromatic rings. The SMILES string of the molecule is CCCCN(CCCC)c1c(C)cc(C)c(Nc2ccc3c(c2)C2(OC(=O)c4ccccc42)c2ccccc2O3)c1C. The smallest absolute Gasteiger partial charge is 0.340 e. The molecular weight excluding hydrogens is 520 g/mol. The van der Waals surface area contributed by atoms with Crippen LogP contribution in [0.3, 0.4) is 0 Å². The molecule has 0 saturated carbocycles. The Hall–Kier alpha value is -4.25. The van der Waals surface area contributed by atoms with Crippen LogP contribution in [0.15, 0.2) is 72.8 Å². The lowest BCUT2D eigenvalue weighted by atomic mass is 9.77. The van der Waals surface area contributed by atoms with Crippen molar-refractivity contribution in [1.82, 2.24) is 0 Å². The number of hydrogen-bond donors (Lipinski definition) is 1. The highest BCUT2D eigenvalue weighted by Gasteiger charge is 2.53. The zero-order valence-corrected chi connectivity index (χ0v) is 25.3. The molecule has 6 rings (SSSR count). The molecule has 5 nitrogen and oxygen atoms in total. The van der Waals surface area contributed by atoms with Crippen LogP contribution >= 0.6 is 0 Å². The zero-order chi connectivity index (χ0) is 29.4. The molecule has 4 aromatic carbocycles. The molecule has 1 atom stereocenters. The molecule has 2 aliphatic heterocycles. The standard InChI is InChI=1S/C37H40N2O3/c1-6-8-20-39(21-9-7-2)35-25(4)22-24(3)34(26(35)5)38-27-18-19-33-31(23-27)37(30-16-12-13-17-32(30)41-33)29-15-11-10-14-28(29)36(40)42-37/h10-19,22-23,38H,6-9,20-21H2,1-5H3. The number of carbonyl (C=O) groups excluding carboxylic acids is 1. The van der Waals surface area contributed by atoms with Crippen LogP contribution < -0.4 is 15.0 Å². The Morgan fingerprint density at radius 1 is 0.762 bits per heavy atom. The number of esters is 1. The number of para-hydroxylation sites is 1. The largest absolute Gasteiger partial charge is 0.456 e. The first kappa shape index (κ1) is 27.9. The summed E-state index contributed by atoms with van der Waals surface area (Å²) in [5, 5.41) is 3.77. The number of hydrogen-bond acceptors (Lipinski definition) is 5. The van der Waals surface area contributed by atoms with Gasteiger partial charge in [0.25, 0.3) is 0 Å². The van der Waals surface area contributed by atoms with Crippen molar-refractivity contribution in [3.05, 3.63) is 112 Å². The summed E-state index contributed by atoms with van der Waals surface area (Å²) < 4.78 is 12.7. The number of aryl methyl sites for hydroxylation is 2. The Bertz CT molecular complexity index is 1650. The number of unbranched alkanes of at least 4 members (excludes halogenated alkanes) is 2. The third kappa shape index (κ3) is 4.52. The molecule has 0 saturated heterocycles. The van der Waals surface area contributed by atoms with Crippen molar-refractivity contribution in [2.75, 3.05) is 23.3 Å². The van der Waals surface area contributed by atoms with Crippen LogP contribution in [-0.2, 0) is 10.3 Å². The van der Waals surface area contributed by atoms with Gasteiger partial charge < -0.3 is 19.7 Å². The van der Waals surface area contributed by atoms with Gasteiger partial charge in [0.2, 0.25) is 0 Å². The Morgan fingerprint density at radius 3 is 2.17 bits per heavy atom. The predicted molar refractivity (Wildman–Crippen MR) is 171 cm³/mol. The minimum atomic E-state index is -1.07. The van der Waals surface area contributed by atoms with E-state index in [-0.39, 0.29) is 5.97 Å². The van der Waals surface area contributed by atoms with E-state index < -0.39 is 5.60 Å². The average molecular weight is 561 g/mol. The Morgan fingerprint density at radius 2 is 1.43 bits per heavy atom. The van der Waals surface area contributed by atoms with Crippen LogP contribution in [0.4, 0.5) is 17.1 Å². The fourth-order valence-electron chi connectivity index (χ4n) is 6.73. The summed E-state index contributed by atoms with van der Waals surface area (Å²) in [6, 6.07) is 23.9. The second-order valence-electron chi connectivity index (χ2n) is 11.6. The van der Waals surface area contributed by atoms with Crippen LogP contribution in [-0.4, -0.2) is 19.1 Å². The lowest BCUT2D eigenvalue weighted by molar-refractivity contribution is 0.0224. The fourth-order valence-corrected chi connectivity index (χ4v) is 6.73. The molecule has 0 fully saturated rings. The number of fused-ring (bicyclic) bond motifs is 6. The number of rotatable bonds is 9. The molecule has 42 heavy (non-hydrogen) atoms. The molecule has 5 heteroatoms. The molecule has 1 spiro atoms. The van der Waals surface area contributed by atoms with Crippen molar-refractivity contribution in [1.29, 1.82) is 0 Å². The van der Waals surface area contributed by atoms with E-state index in [4.69, 9.17) is 9.47 Å². The number of anilines is 3. The number of nitrogens with one attached hydrogen (secondary N) is 1. The Balaban J connectivity index is 1.46. The zero-order valence-electron chi connectivity index (χ0n) is 25.3. The second kappa shape index (κ2) is 11.2. The van der Waals surface area contributed by atoms with E-state index in [1.165, 1.54) is 48.1 Å². The second-order valence-corrected chi connectivity index (χ2v) is 11.6. The first-order valence-corrected chi connectivity index (χ1v) is 15.3. The molecule has 2 heterocycles. The maximum atomic E-state index is 13.2. The van der Waals surface area contributed by atoms with Gasteiger partial charge in [-0.15, -0.1) is 0 Å². The predicted octanol–water partition coefficient (Wildman–Crippen LogP) is 9.33. The summed E-state index contributed by atoms with van der Waals surface area (Å²) in [6.07, 6.45) is 4.70. The van der Waals surface area contributed by atoms with E-state index in [1.807, 2.05) is 60.7 Å². The van der Waals surface area contributed by atoms with Crippen LogP contribution in [0.25, 0.3) is 0 Å². The van der Waals surface area contributed by atoms with E-state index in [2.05, 4.69) is 57.0 Å². The van der Waals surface area contributed by atoms with E-state index in [9.17, 15) is 4.79 Å². The molecule has 1 N–H and O–H groups in total. The number of carbonyl (C=O) groups is 1. The van der Waals surface area contributed by atoms with Crippen molar-refractivity contribution in [2.45, 2.75) is 65.9 Å². The van der Waals surface area contributed by atoms with Crippen LogP contribution in [0.1, 0.15) is 83.3 Å². The normalized spacial score (nSPS) is 16.4. The first-order chi connectivity index (χ1) is 20.4. The molecule has 0 aliphatic carbocycles. The number of nitrogens with zero attached hydrogens (tertiary/aromatic N) is 1. The molecule has 0 bridgehead atoms. The van der Waals surface area contributed by atoms with Crippen LogP contribution in [0, 0.1) is 20.8 Å². The molecule has 0 aromatic heterocycles. The van der Waals surface area contributed by atoms with Gasteiger partial charge in [-0.05, 0) is 80.6 Å². The quantitative estimate of drug-likeness (QED) is 0.207.